The lowest BCUT2D eigenvalue weighted by molar-refractivity contribution is 0.0938. The largest absolute Gasteiger partial charge is 0.465 e. The van der Waals surface area contributed by atoms with Crippen molar-refractivity contribution in [3.05, 3.63) is 24.2 Å². The Morgan fingerprint density at radius 2 is 2.33 bits per heavy atom. The molecule has 1 aromatic rings. The van der Waals surface area contributed by atoms with Crippen LogP contribution in [0.5, 0.6) is 0 Å². The van der Waals surface area contributed by atoms with E-state index in [0.717, 1.165) is 6.42 Å². The highest BCUT2D eigenvalue weighted by Gasteiger charge is 2.12. The van der Waals surface area contributed by atoms with Crippen molar-refractivity contribution >= 4 is 11.9 Å². The van der Waals surface area contributed by atoms with Crippen LogP contribution in [0.4, 0.5) is 0 Å². The van der Waals surface area contributed by atoms with Crippen LogP contribution in [-0.4, -0.2) is 25.1 Å². The smallest absolute Gasteiger partial charge is 0.294 e. The van der Waals surface area contributed by atoms with Crippen molar-refractivity contribution in [2.75, 3.05) is 13.2 Å². The van der Waals surface area contributed by atoms with Gasteiger partial charge in [-0.15, -0.1) is 0 Å². The van der Waals surface area contributed by atoms with Crippen LogP contribution in [0, 0.1) is 5.92 Å². The second kappa shape index (κ2) is 7.53. The molecule has 1 rings (SSSR count). The summed E-state index contributed by atoms with van der Waals surface area (Å²) in [6, 6.07) is 3.51. The van der Waals surface area contributed by atoms with Crippen molar-refractivity contribution < 1.29 is 13.9 Å². The zero-order valence-electron chi connectivity index (χ0n) is 11.1. The summed E-state index contributed by atoms with van der Waals surface area (Å²) in [7, 11) is 0. The van der Waals surface area contributed by atoms with E-state index in [2.05, 4.69) is 24.2 Å². The Morgan fingerprint density at radius 3 is 2.89 bits per heavy atom. The third kappa shape index (κ3) is 5.03. The molecule has 1 aromatic heterocycles. The minimum atomic E-state index is -0.349. The Hall–Kier alpha value is -1.78. The van der Waals surface area contributed by atoms with Crippen molar-refractivity contribution in [3.63, 3.8) is 0 Å². The third-order valence-electron chi connectivity index (χ3n) is 2.01. The zero-order valence-corrected chi connectivity index (χ0v) is 11.1. The molecule has 0 unspecified atom stereocenters. The van der Waals surface area contributed by atoms with Gasteiger partial charge in [0.2, 0.25) is 0 Å². The van der Waals surface area contributed by atoms with Crippen LogP contribution in [0.25, 0.3) is 0 Å². The summed E-state index contributed by atoms with van der Waals surface area (Å²) in [6.07, 6.45) is 2.31. The predicted octanol–water partition coefficient (Wildman–Crippen LogP) is 2.45. The zero-order chi connectivity index (χ0) is 13.4. The van der Waals surface area contributed by atoms with E-state index >= 15 is 0 Å². The molecule has 0 bridgehead atoms. The first-order valence-electron chi connectivity index (χ1n) is 6.15. The molecule has 5 nitrogen and oxygen atoms in total. The average Bonchev–Trinajstić information content (AvgIpc) is 2.86. The summed E-state index contributed by atoms with van der Waals surface area (Å²) in [5.41, 5.74) is 0. The number of aliphatic imine (C=N–C) groups is 1. The maximum absolute atomic E-state index is 11.8. The molecule has 5 heteroatoms. The standard InChI is InChI=1S/C13H20N2O3/c1-4-7-18-13(14-9-10(2)3)15-12(16)11-6-5-8-17-11/h5-6,8,10H,4,7,9H2,1-3H3,(H,14,15,16). The molecule has 0 fully saturated rings. The highest BCUT2D eigenvalue weighted by molar-refractivity contribution is 6.02. The first-order valence-corrected chi connectivity index (χ1v) is 6.15. The first-order chi connectivity index (χ1) is 8.63. The number of hydrogen-bond donors (Lipinski definition) is 1. The van der Waals surface area contributed by atoms with E-state index in [1.165, 1.54) is 6.26 Å². The molecule has 0 aliphatic heterocycles. The second-order valence-corrected chi connectivity index (χ2v) is 4.32. The minimum absolute atomic E-state index is 0.243. The van der Waals surface area contributed by atoms with E-state index in [4.69, 9.17) is 9.15 Å². The van der Waals surface area contributed by atoms with Gasteiger partial charge in [0.1, 0.15) is 0 Å². The first kappa shape index (κ1) is 14.3. The van der Waals surface area contributed by atoms with Crippen LogP contribution in [-0.2, 0) is 4.74 Å². The molecule has 0 aliphatic carbocycles. The molecule has 1 N–H and O–H groups in total. The number of furan rings is 1. The Morgan fingerprint density at radius 1 is 1.56 bits per heavy atom. The third-order valence-corrected chi connectivity index (χ3v) is 2.01. The summed E-state index contributed by atoms with van der Waals surface area (Å²) >= 11 is 0. The lowest BCUT2D eigenvalue weighted by atomic mass is 10.2. The molecule has 0 saturated heterocycles. The monoisotopic (exact) mass is 252 g/mol. The fourth-order valence-electron chi connectivity index (χ4n) is 1.15. The van der Waals surface area contributed by atoms with Gasteiger partial charge in [-0.25, -0.2) is 4.99 Å². The highest BCUT2D eigenvalue weighted by Crippen LogP contribution is 2.00. The number of carbonyl (C=O) groups excluding carboxylic acids is 1. The van der Waals surface area contributed by atoms with Crippen molar-refractivity contribution in [1.82, 2.24) is 5.32 Å². The van der Waals surface area contributed by atoms with Gasteiger partial charge < -0.3 is 9.15 Å². The lowest BCUT2D eigenvalue weighted by Gasteiger charge is -2.09. The molecular formula is C13H20N2O3. The van der Waals surface area contributed by atoms with E-state index in [-0.39, 0.29) is 17.7 Å². The van der Waals surface area contributed by atoms with Crippen LogP contribution < -0.4 is 5.32 Å². The van der Waals surface area contributed by atoms with Gasteiger partial charge in [-0.3, -0.25) is 10.1 Å². The molecule has 0 aliphatic rings. The summed E-state index contributed by atoms with van der Waals surface area (Å²) in [4.78, 5) is 16.0. The molecular weight excluding hydrogens is 232 g/mol. The van der Waals surface area contributed by atoms with E-state index in [9.17, 15) is 4.79 Å². The van der Waals surface area contributed by atoms with Gasteiger partial charge in [0.25, 0.3) is 11.9 Å². The number of ether oxygens (including phenoxy) is 1. The molecule has 0 atom stereocenters. The molecule has 18 heavy (non-hydrogen) atoms. The van der Waals surface area contributed by atoms with Crippen LogP contribution in [0.3, 0.4) is 0 Å². The molecule has 0 aromatic carbocycles. The Kier molecular flexibility index (Phi) is 5.97. The van der Waals surface area contributed by atoms with E-state index in [1.807, 2.05) is 6.92 Å². The van der Waals surface area contributed by atoms with Gasteiger partial charge >= 0.3 is 0 Å². The second-order valence-electron chi connectivity index (χ2n) is 4.32. The number of nitrogens with zero attached hydrogens (tertiary/aromatic N) is 1. The number of hydrogen-bond acceptors (Lipinski definition) is 4. The molecule has 1 heterocycles. The Labute approximate surface area is 107 Å². The van der Waals surface area contributed by atoms with E-state index in [1.54, 1.807) is 12.1 Å². The predicted molar refractivity (Wildman–Crippen MR) is 69.6 cm³/mol. The van der Waals surface area contributed by atoms with Gasteiger partial charge in [0.15, 0.2) is 5.76 Å². The minimum Gasteiger partial charge on any atom is -0.465 e. The number of amidine groups is 1. The lowest BCUT2D eigenvalue weighted by Crippen LogP contribution is -2.33. The fraction of sp³-hybridized carbons (Fsp3) is 0.538. The van der Waals surface area contributed by atoms with Crippen molar-refractivity contribution in [2.24, 2.45) is 10.9 Å². The van der Waals surface area contributed by atoms with Crippen LogP contribution >= 0.6 is 0 Å². The number of rotatable bonds is 5. The quantitative estimate of drug-likeness (QED) is 0.646. The van der Waals surface area contributed by atoms with Crippen molar-refractivity contribution in [3.8, 4) is 0 Å². The van der Waals surface area contributed by atoms with Crippen molar-refractivity contribution in [2.45, 2.75) is 27.2 Å². The molecule has 100 valence electrons. The number of nitrogens with one attached hydrogen (secondary N) is 1. The Bertz CT molecular complexity index is 383. The maximum atomic E-state index is 11.8. The van der Waals surface area contributed by atoms with Crippen molar-refractivity contribution in [1.29, 1.82) is 0 Å². The summed E-state index contributed by atoms with van der Waals surface area (Å²) < 4.78 is 10.4. The fourth-order valence-corrected chi connectivity index (χ4v) is 1.15. The molecule has 0 radical (unpaired) electrons. The topological polar surface area (TPSA) is 63.8 Å². The van der Waals surface area contributed by atoms with Gasteiger partial charge in [0.05, 0.1) is 12.9 Å². The number of carbonyl (C=O) groups is 1. The Balaban J connectivity index is 2.60. The highest BCUT2D eigenvalue weighted by atomic mass is 16.5. The molecule has 1 amide bonds. The maximum Gasteiger partial charge on any atom is 0.294 e. The van der Waals surface area contributed by atoms with E-state index in [0.29, 0.717) is 19.1 Å². The summed E-state index contributed by atoms with van der Waals surface area (Å²) in [6.45, 7) is 7.23. The number of amides is 1. The SMILES string of the molecule is CCCOC(=NCC(C)C)NC(=O)c1ccco1. The van der Waals surface area contributed by atoms with Gasteiger partial charge in [-0.05, 0) is 24.5 Å². The molecule has 0 spiro atoms. The average molecular weight is 252 g/mol. The van der Waals surface area contributed by atoms with E-state index < -0.39 is 0 Å². The van der Waals surface area contributed by atoms with Crippen LogP contribution in [0.2, 0.25) is 0 Å². The summed E-state index contributed by atoms with van der Waals surface area (Å²) in [5, 5.41) is 2.60. The summed E-state index contributed by atoms with van der Waals surface area (Å²) in [5.74, 6) is 0.302. The van der Waals surface area contributed by atoms with Crippen LogP contribution in [0.1, 0.15) is 37.7 Å². The van der Waals surface area contributed by atoms with Crippen LogP contribution in [0.15, 0.2) is 27.8 Å². The van der Waals surface area contributed by atoms with Gasteiger partial charge in [0, 0.05) is 6.54 Å². The van der Waals surface area contributed by atoms with Gasteiger partial charge in [-0.2, -0.15) is 0 Å². The normalized spacial score (nSPS) is 11.7. The van der Waals surface area contributed by atoms with Gasteiger partial charge in [-0.1, -0.05) is 20.8 Å². The molecule has 0 saturated carbocycles.